The quantitative estimate of drug-likeness (QED) is 0.444. The van der Waals surface area contributed by atoms with Crippen LogP contribution in [0.1, 0.15) is 17.5 Å². The van der Waals surface area contributed by atoms with Crippen LogP contribution in [0, 0.1) is 5.82 Å². The predicted molar refractivity (Wildman–Crippen MR) is 113 cm³/mol. The Morgan fingerprint density at radius 1 is 1.03 bits per heavy atom. The van der Waals surface area contributed by atoms with Gasteiger partial charge in [-0.2, -0.15) is 18.3 Å². The topological polar surface area (TPSA) is 68.4 Å². The second kappa shape index (κ2) is 8.89. The molecule has 2 heterocycles. The van der Waals surface area contributed by atoms with Crippen molar-refractivity contribution in [1.29, 1.82) is 0 Å². The summed E-state index contributed by atoms with van der Waals surface area (Å²) in [4.78, 5) is 24.9. The van der Waals surface area contributed by atoms with Crippen LogP contribution in [0.15, 0.2) is 71.8 Å². The first-order valence-electron chi connectivity index (χ1n) is 9.99. The van der Waals surface area contributed by atoms with Crippen molar-refractivity contribution in [3.63, 3.8) is 0 Å². The van der Waals surface area contributed by atoms with Gasteiger partial charge in [0.25, 0.3) is 5.56 Å². The van der Waals surface area contributed by atoms with E-state index in [1.807, 2.05) is 0 Å². The molecule has 0 atom stereocenters. The maximum atomic E-state index is 13.1. The highest BCUT2D eigenvalue weighted by Crippen LogP contribution is 2.31. The van der Waals surface area contributed by atoms with Crippen LogP contribution in [0.3, 0.4) is 0 Å². The average molecular weight is 458 g/mol. The molecule has 0 unspecified atom stereocenters. The number of hydrogen-bond donors (Lipinski definition) is 1. The number of aryl methyl sites for hydroxylation is 1. The van der Waals surface area contributed by atoms with Crippen molar-refractivity contribution >= 4 is 11.4 Å². The summed E-state index contributed by atoms with van der Waals surface area (Å²) < 4.78 is 55.1. The van der Waals surface area contributed by atoms with E-state index in [0.717, 1.165) is 6.07 Å². The van der Waals surface area contributed by atoms with E-state index < -0.39 is 17.6 Å². The number of rotatable bonds is 6. The number of carbonyl (C=O) groups is 1. The minimum Gasteiger partial charge on any atom is -0.352 e. The number of fused-ring (bicyclic) bond motifs is 1. The lowest BCUT2D eigenvalue weighted by atomic mass is 10.1. The number of halogens is 4. The van der Waals surface area contributed by atoms with Crippen LogP contribution in [0.25, 0.3) is 16.8 Å². The summed E-state index contributed by atoms with van der Waals surface area (Å²) in [6.45, 7) is -0.231. The smallest absolute Gasteiger partial charge is 0.352 e. The summed E-state index contributed by atoms with van der Waals surface area (Å²) in [5, 5.41) is 6.78. The Morgan fingerprint density at radius 3 is 2.48 bits per heavy atom. The molecule has 0 fully saturated rings. The molecule has 10 heteroatoms. The number of benzene rings is 2. The molecule has 170 valence electrons. The molecule has 2 aromatic heterocycles. The van der Waals surface area contributed by atoms with Gasteiger partial charge in [0, 0.05) is 37.5 Å². The highest BCUT2D eigenvalue weighted by Gasteiger charge is 2.32. The van der Waals surface area contributed by atoms with Crippen LogP contribution in [0.4, 0.5) is 17.6 Å². The van der Waals surface area contributed by atoms with Gasteiger partial charge in [-0.15, -0.1) is 0 Å². The Labute approximate surface area is 185 Å². The van der Waals surface area contributed by atoms with Gasteiger partial charge in [-0.3, -0.25) is 9.59 Å². The first-order valence-corrected chi connectivity index (χ1v) is 9.99. The Bertz CT molecular complexity index is 1360. The minimum atomic E-state index is -4.51. The van der Waals surface area contributed by atoms with Crippen molar-refractivity contribution in [2.24, 2.45) is 0 Å². The Morgan fingerprint density at radius 2 is 1.76 bits per heavy atom. The van der Waals surface area contributed by atoms with Crippen molar-refractivity contribution in [3.05, 3.63) is 94.3 Å². The van der Waals surface area contributed by atoms with Crippen molar-refractivity contribution in [2.75, 3.05) is 0 Å². The second-order valence-corrected chi connectivity index (χ2v) is 7.34. The molecule has 0 aliphatic carbocycles. The summed E-state index contributed by atoms with van der Waals surface area (Å²) >= 11 is 0. The summed E-state index contributed by atoms with van der Waals surface area (Å²) in [6, 6.07) is 12.3. The Hall–Kier alpha value is -3.95. The van der Waals surface area contributed by atoms with Crippen LogP contribution < -0.4 is 10.9 Å². The molecule has 0 radical (unpaired) electrons. The fraction of sp³-hybridized carbons (Fsp3) is 0.174. The molecule has 6 nitrogen and oxygen atoms in total. The van der Waals surface area contributed by atoms with Gasteiger partial charge in [-0.1, -0.05) is 18.2 Å². The van der Waals surface area contributed by atoms with Gasteiger partial charge >= 0.3 is 6.18 Å². The van der Waals surface area contributed by atoms with Gasteiger partial charge in [-0.05, 0) is 42.0 Å². The van der Waals surface area contributed by atoms with Crippen molar-refractivity contribution < 1.29 is 22.4 Å². The lowest BCUT2D eigenvalue weighted by molar-refractivity contribution is -0.138. The van der Waals surface area contributed by atoms with E-state index in [1.54, 1.807) is 24.4 Å². The molecule has 0 aliphatic heterocycles. The number of hydrogen-bond acceptors (Lipinski definition) is 3. The van der Waals surface area contributed by atoms with Crippen LogP contribution >= 0.6 is 0 Å². The molecule has 1 amide bonds. The van der Waals surface area contributed by atoms with Crippen LogP contribution in [-0.4, -0.2) is 20.1 Å². The van der Waals surface area contributed by atoms with Crippen LogP contribution in [0.5, 0.6) is 0 Å². The zero-order valence-electron chi connectivity index (χ0n) is 17.1. The summed E-state index contributed by atoms with van der Waals surface area (Å²) in [5.74, 6) is -0.871. The number of alkyl halides is 3. The van der Waals surface area contributed by atoms with E-state index in [0.29, 0.717) is 11.3 Å². The molecule has 0 saturated heterocycles. The van der Waals surface area contributed by atoms with E-state index in [9.17, 15) is 27.2 Å². The standard InChI is InChI=1S/C23H18F4N4O2/c24-17-7-5-15(6-8-17)19-13-20-22(33)30(11-12-31(20)29-19)10-9-21(32)28-14-16-3-1-2-4-18(16)23(25,26)27/h1-8,11-13H,9-10,14H2,(H,28,32). The zero-order chi connectivity index (χ0) is 23.6. The molecule has 1 N–H and O–H groups in total. The van der Waals surface area contributed by atoms with Crippen molar-refractivity contribution in [3.8, 4) is 11.3 Å². The minimum absolute atomic E-state index is 0.0375. The Kier molecular flexibility index (Phi) is 5.99. The second-order valence-electron chi connectivity index (χ2n) is 7.34. The van der Waals surface area contributed by atoms with E-state index >= 15 is 0 Å². The lowest BCUT2D eigenvalue weighted by Gasteiger charge is -2.13. The first kappa shape index (κ1) is 22.3. The third kappa shape index (κ3) is 4.94. The zero-order valence-corrected chi connectivity index (χ0v) is 17.1. The molecule has 0 bridgehead atoms. The van der Waals surface area contributed by atoms with Gasteiger partial charge in [0.05, 0.1) is 11.3 Å². The van der Waals surface area contributed by atoms with Gasteiger partial charge in [-0.25, -0.2) is 8.91 Å². The number of amides is 1. The average Bonchev–Trinajstić information content (AvgIpc) is 3.22. The van der Waals surface area contributed by atoms with Crippen molar-refractivity contribution in [1.82, 2.24) is 19.5 Å². The van der Waals surface area contributed by atoms with Gasteiger partial charge in [0.1, 0.15) is 11.3 Å². The summed E-state index contributed by atoms with van der Waals surface area (Å²) in [6.07, 6.45) is -1.57. The SMILES string of the molecule is O=C(CCn1ccn2nc(-c3ccc(F)cc3)cc2c1=O)NCc1ccccc1C(F)(F)F. The molecular formula is C23H18F4N4O2. The fourth-order valence-corrected chi connectivity index (χ4v) is 3.42. The molecule has 4 aromatic rings. The normalized spacial score (nSPS) is 11.6. The largest absolute Gasteiger partial charge is 0.416 e. The van der Waals surface area contributed by atoms with E-state index in [2.05, 4.69) is 10.4 Å². The van der Waals surface area contributed by atoms with Crippen LogP contribution in [-0.2, 0) is 24.1 Å². The molecule has 0 saturated carbocycles. The van der Waals surface area contributed by atoms with E-state index in [-0.39, 0.29) is 42.0 Å². The van der Waals surface area contributed by atoms with E-state index in [1.165, 1.54) is 45.6 Å². The molecule has 4 rings (SSSR count). The monoisotopic (exact) mass is 458 g/mol. The van der Waals surface area contributed by atoms with Gasteiger partial charge in [0.2, 0.25) is 5.91 Å². The van der Waals surface area contributed by atoms with Gasteiger partial charge < -0.3 is 9.88 Å². The number of carbonyl (C=O) groups excluding carboxylic acids is 1. The maximum Gasteiger partial charge on any atom is 0.416 e. The number of nitrogens with one attached hydrogen (secondary N) is 1. The third-order valence-electron chi connectivity index (χ3n) is 5.12. The van der Waals surface area contributed by atoms with E-state index in [4.69, 9.17) is 0 Å². The number of aromatic nitrogens is 3. The molecule has 0 spiro atoms. The third-order valence-corrected chi connectivity index (χ3v) is 5.12. The van der Waals surface area contributed by atoms with Crippen molar-refractivity contribution in [2.45, 2.75) is 25.7 Å². The molecule has 33 heavy (non-hydrogen) atoms. The fourth-order valence-electron chi connectivity index (χ4n) is 3.42. The van der Waals surface area contributed by atoms with Crippen LogP contribution in [0.2, 0.25) is 0 Å². The first-order chi connectivity index (χ1) is 15.7. The lowest BCUT2D eigenvalue weighted by Crippen LogP contribution is -2.28. The molecule has 0 aliphatic rings. The maximum absolute atomic E-state index is 13.1. The highest BCUT2D eigenvalue weighted by molar-refractivity contribution is 5.75. The summed E-state index contributed by atoms with van der Waals surface area (Å²) in [7, 11) is 0. The molecular weight excluding hydrogens is 440 g/mol. The molecule has 2 aromatic carbocycles. The predicted octanol–water partition coefficient (Wildman–Crippen LogP) is 4.03. The Balaban J connectivity index is 1.43. The summed E-state index contributed by atoms with van der Waals surface area (Å²) in [5.41, 5.74) is 0.189. The van der Waals surface area contributed by atoms with Gasteiger partial charge in [0.15, 0.2) is 0 Å². The number of nitrogens with zero attached hydrogens (tertiary/aromatic N) is 3. The highest BCUT2D eigenvalue weighted by atomic mass is 19.4.